The number of rotatable bonds is 4. The van der Waals surface area contributed by atoms with Crippen LogP contribution in [-0.2, 0) is 6.54 Å². The molecule has 0 atom stereocenters. The monoisotopic (exact) mass is 385 g/mol. The van der Waals surface area contributed by atoms with Gasteiger partial charge in [-0.25, -0.2) is 4.79 Å². The number of carboxylic acid groups (broad SMARTS) is 1. The van der Waals surface area contributed by atoms with Crippen LogP contribution in [0.1, 0.15) is 32.2 Å². The normalized spacial score (nSPS) is 10.3. The van der Waals surface area contributed by atoms with Crippen LogP contribution in [0.15, 0.2) is 34.7 Å². The van der Waals surface area contributed by atoms with Crippen LogP contribution in [0.25, 0.3) is 0 Å². The first-order valence-corrected chi connectivity index (χ1v) is 6.91. The standard InChI is InChI=1S/C14H12INO4/c1-8-12(14(18)19)6-11(20-8)7-16-13(17)9-3-2-4-10(15)5-9/h2-6H,7H2,1H3,(H,16,17)(H,18,19). The lowest BCUT2D eigenvalue weighted by Gasteiger charge is -2.03. The Kier molecular flexibility index (Phi) is 4.43. The molecule has 6 heteroatoms. The van der Waals surface area contributed by atoms with Crippen molar-refractivity contribution in [1.82, 2.24) is 5.32 Å². The highest BCUT2D eigenvalue weighted by molar-refractivity contribution is 14.1. The van der Waals surface area contributed by atoms with Gasteiger partial charge in [0.2, 0.25) is 0 Å². The van der Waals surface area contributed by atoms with Gasteiger partial charge < -0.3 is 14.8 Å². The van der Waals surface area contributed by atoms with Crippen molar-refractivity contribution in [1.29, 1.82) is 0 Å². The Hall–Kier alpha value is -1.83. The quantitative estimate of drug-likeness (QED) is 0.794. The maximum absolute atomic E-state index is 11.9. The van der Waals surface area contributed by atoms with E-state index in [4.69, 9.17) is 9.52 Å². The van der Waals surface area contributed by atoms with Gasteiger partial charge >= 0.3 is 5.97 Å². The zero-order chi connectivity index (χ0) is 14.7. The maximum atomic E-state index is 11.9. The number of carbonyl (C=O) groups is 2. The van der Waals surface area contributed by atoms with E-state index in [0.717, 1.165) is 3.57 Å². The van der Waals surface area contributed by atoms with Crippen molar-refractivity contribution in [3.05, 3.63) is 56.5 Å². The molecule has 0 fully saturated rings. The Bertz CT molecular complexity index is 663. The minimum absolute atomic E-state index is 0.114. The van der Waals surface area contributed by atoms with E-state index in [-0.39, 0.29) is 18.0 Å². The van der Waals surface area contributed by atoms with Gasteiger partial charge in [-0.3, -0.25) is 4.79 Å². The summed E-state index contributed by atoms with van der Waals surface area (Å²) in [5, 5.41) is 11.6. The first-order chi connectivity index (χ1) is 9.47. The van der Waals surface area contributed by atoms with Gasteiger partial charge in [0.1, 0.15) is 17.1 Å². The summed E-state index contributed by atoms with van der Waals surface area (Å²) in [5.74, 6) is -0.522. The van der Waals surface area contributed by atoms with Crippen LogP contribution in [0, 0.1) is 10.5 Å². The molecule has 5 nitrogen and oxygen atoms in total. The van der Waals surface area contributed by atoms with Crippen molar-refractivity contribution in [2.45, 2.75) is 13.5 Å². The smallest absolute Gasteiger partial charge is 0.339 e. The number of amides is 1. The molecule has 20 heavy (non-hydrogen) atoms. The topological polar surface area (TPSA) is 79.5 Å². The van der Waals surface area contributed by atoms with E-state index in [0.29, 0.717) is 17.1 Å². The first kappa shape index (κ1) is 14.6. The first-order valence-electron chi connectivity index (χ1n) is 5.83. The fourth-order valence-corrected chi connectivity index (χ4v) is 2.29. The van der Waals surface area contributed by atoms with Gasteiger partial charge in [0, 0.05) is 9.13 Å². The molecule has 1 heterocycles. The lowest BCUT2D eigenvalue weighted by Crippen LogP contribution is -2.22. The molecule has 0 aliphatic rings. The summed E-state index contributed by atoms with van der Waals surface area (Å²) < 4.78 is 6.26. The number of carboxylic acids is 1. The number of aryl methyl sites for hydroxylation is 1. The van der Waals surface area contributed by atoms with E-state index in [1.165, 1.54) is 6.07 Å². The van der Waals surface area contributed by atoms with Crippen LogP contribution < -0.4 is 5.32 Å². The number of aromatic carboxylic acids is 1. The zero-order valence-electron chi connectivity index (χ0n) is 10.6. The molecular formula is C14H12INO4. The van der Waals surface area contributed by atoms with E-state index in [1.807, 2.05) is 6.07 Å². The van der Waals surface area contributed by atoms with Crippen molar-refractivity contribution in [2.75, 3.05) is 0 Å². The van der Waals surface area contributed by atoms with Crippen LogP contribution in [0.2, 0.25) is 0 Å². The Labute approximate surface area is 129 Å². The number of hydrogen-bond acceptors (Lipinski definition) is 3. The van der Waals surface area contributed by atoms with Crippen molar-refractivity contribution < 1.29 is 19.1 Å². The molecule has 0 bridgehead atoms. The average Bonchev–Trinajstić information content (AvgIpc) is 2.77. The summed E-state index contributed by atoms with van der Waals surface area (Å²) in [7, 11) is 0. The van der Waals surface area contributed by atoms with Crippen molar-refractivity contribution in [3.8, 4) is 0 Å². The van der Waals surface area contributed by atoms with Gasteiger partial charge in [-0.15, -0.1) is 0 Å². The zero-order valence-corrected chi connectivity index (χ0v) is 12.8. The minimum Gasteiger partial charge on any atom is -0.478 e. The molecule has 0 saturated carbocycles. The molecule has 2 aromatic rings. The fourth-order valence-electron chi connectivity index (χ4n) is 1.74. The van der Waals surface area contributed by atoms with Gasteiger partial charge in [-0.2, -0.15) is 0 Å². The molecule has 0 saturated heterocycles. The second-order valence-corrected chi connectivity index (χ2v) is 5.43. The predicted molar refractivity (Wildman–Crippen MR) is 80.7 cm³/mol. The Morgan fingerprint density at radius 2 is 2.10 bits per heavy atom. The summed E-state index contributed by atoms with van der Waals surface area (Å²) in [5.41, 5.74) is 0.669. The summed E-state index contributed by atoms with van der Waals surface area (Å²) in [4.78, 5) is 22.8. The molecule has 0 radical (unpaired) electrons. The third-order valence-electron chi connectivity index (χ3n) is 2.71. The molecule has 1 aromatic heterocycles. The van der Waals surface area contributed by atoms with E-state index >= 15 is 0 Å². The van der Waals surface area contributed by atoms with E-state index in [2.05, 4.69) is 27.9 Å². The maximum Gasteiger partial charge on any atom is 0.339 e. The van der Waals surface area contributed by atoms with Crippen LogP contribution in [-0.4, -0.2) is 17.0 Å². The average molecular weight is 385 g/mol. The second kappa shape index (κ2) is 6.08. The van der Waals surface area contributed by atoms with E-state index < -0.39 is 5.97 Å². The van der Waals surface area contributed by atoms with Crippen LogP contribution >= 0.6 is 22.6 Å². The molecule has 104 valence electrons. The lowest BCUT2D eigenvalue weighted by molar-refractivity contribution is 0.0694. The third-order valence-corrected chi connectivity index (χ3v) is 3.38. The number of hydrogen-bond donors (Lipinski definition) is 2. The van der Waals surface area contributed by atoms with E-state index in [1.54, 1.807) is 25.1 Å². The van der Waals surface area contributed by atoms with Gasteiger partial charge in [0.25, 0.3) is 5.91 Å². The SMILES string of the molecule is Cc1oc(CNC(=O)c2cccc(I)c2)cc1C(=O)O. The van der Waals surface area contributed by atoms with Crippen LogP contribution in [0.4, 0.5) is 0 Å². The van der Waals surface area contributed by atoms with Gasteiger partial charge in [0.15, 0.2) is 0 Å². The molecule has 0 unspecified atom stereocenters. The highest BCUT2D eigenvalue weighted by Crippen LogP contribution is 2.14. The predicted octanol–water partition coefficient (Wildman–Crippen LogP) is 2.82. The third kappa shape index (κ3) is 3.38. The summed E-state index contributed by atoms with van der Waals surface area (Å²) in [6.07, 6.45) is 0. The van der Waals surface area contributed by atoms with Gasteiger partial charge in [-0.1, -0.05) is 6.07 Å². The largest absolute Gasteiger partial charge is 0.478 e. The minimum atomic E-state index is -1.04. The fraction of sp³-hybridized carbons (Fsp3) is 0.143. The molecule has 1 amide bonds. The summed E-state index contributed by atoms with van der Waals surface area (Å²) in [6, 6.07) is 8.61. The summed E-state index contributed by atoms with van der Waals surface area (Å²) >= 11 is 2.13. The Morgan fingerprint density at radius 1 is 1.35 bits per heavy atom. The number of furan rings is 1. The van der Waals surface area contributed by atoms with Crippen LogP contribution in [0.3, 0.4) is 0 Å². The number of carbonyl (C=O) groups excluding carboxylic acids is 1. The summed E-state index contributed by atoms with van der Waals surface area (Å²) in [6.45, 7) is 1.73. The highest BCUT2D eigenvalue weighted by Gasteiger charge is 2.14. The van der Waals surface area contributed by atoms with Crippen molar-refractivity contribution >= 4 is 34.5 Å². The Morgan fingerprint density at radius 3 is 2.70 bits per heavy atom. The molecule has 1 aromatic carbocycles. The highest BCUT2D eigenvalue weighted by atomic mass is 127. The lowest BCUT2D eigenvalue weighted by atomic mass is 10.2. The number of nitrogens with one attached hydrogen (secondary N) is 1. The molecule has 2 N–H and O–H groups in total. The Balaban J connectivity index is 2.04. The van der Waals surface area contributed by atoms with Crippen molar-refractivity contribution in [3.63, 3.8) is 0 Å². The molecule has 0 spiro atoms. The van der Waals surface area contributed by atoms with Gasteiger partial charge in [-0.05, 0) is 53.8 Å². The molecular weight excluding hydrogens is 373 g/mol. The molecule has 0 aliphatic heterocycles. The van der Waals surface area contributed by atoms with Crippen molar-refractivity contribution in [2.24, 2.45) is 0 Å². The second-order valence-electron chi connectivity index (χ2n) is 4.18. The number of halogens is 1. The van der Waals surface area contributed by atoms with Gasteiger partial charge in [0.05, 0.1) is 6.54 Å². The molecule has 0 aliphatic carbocycles. The van der Waals surface area contributed by atoms with E-state index in [9.17, 15) is 9.59 Å². The number of benzene rings is 1. The van der Waals surface area contributed by atoms with Crippen LogP contribution in [0.5, 0.6) is 0 Å². The molecule has 2 rings (SSSR count).